The number of methoxy groups -OCH3 is 2. The van der Waals surface area contributed by atoms with Gasteiger partial charge in [-0.25, -0.2) is 19.6 Å². The van der Waals surface area contributed by atoms with E-state index >= 15 is 0 Å². The van der Waals surface area contributed by atoms with Gasteiger partial charge in [0.15, 0.2) is 0 Å². The number of nitrogens with zero attached hydrogens (tertiary/aromatic N) is 4. The predicted molar refractivity (Wildman–Crippen MR) is 260 cm³/mol. The van der Waals surface area contributed by atoms with E-state index in [0.29, 0.717) is 12.5 Å². The highest BCUT2D eigenvalue weighted by atomic mass is 16.5. The van der Waals surface area contributed by atoms with Crippen LogP contribution in [0.1, 0.15) is 128 Å². The van der Waals surface area contributed by atoms with E-state index in [4.69, 9.17) is 19.4 Å². The van der Waals surface area contributed by atoms with E-state index in [9.17, 15) is 19.2 Å². The molecule has 2 saturated heterocycles. The lowest BCUT2D eigenvalue weighted by atomic mass is 9.87. The summed E-state index contributed by atoms with van der Waals surface area (Å²) in [7, 11) is 2.61. The molecule has 2 bridgehead atoms. The van der Waals surface area contributed by atoms with Crippen LogP contribution >= 0.6 is 0 Å². The van der Waals surface area contributed by atoms with Crippen LogP contribution in [0.4, 0.5) is 9.59 Å². The van der Waals surface area contributed by atoms with Gasteiger partial charge in [-0.15, -0.1) is 0 Å². The fourth-order valence-corrected chi connectivity index (χ4v) is 11.1. The molecule has 4 aromatic rings. The third kappa shape index (κ3) is 9.80. The number of hydrogen-bond donors (Lipinski definition) is 4. The predicted octanol–water partition coefficient (Wildman–Crippen LogP) is 9.91. The number of aromatic amines is 2. The average Bonchev–Trinajstić information content (AvgIpc) is 4.20. The number of benzene rings is 2. The second kappa shape index (κ2) is 20.0. The molecule has 2 unspecified atom stereocenters. The molecule has 67 heavy (non-hydrogen) atoms. The van der Waals surface area contributed by atoms with Gasteiger partial charge in [-0.05, 0) is 121 Å². The van der Waals surface area contributed by atoms with Gasteiger partial charge in [-0.2, -0.15) is 0 Å². The maximum absolute atomic E-state index is 14.2. The molecule has 14 nitrogen and oxygen atoms in total. The van der Waals surface area contributed by atoms with Crippen LogP contribution in [0.2, 0.25) is 0 Å². The van der Waals surface area contributed by atoms with Gasteiger partial charge >= 0.3 is 12.2 Å². The number of aromatic nitrogens is 4. The Morgan fingerprint density at radius 2 is 1.52 bits per heavy atom. The van der Waals surface area contributed by atoms with Gasteiger partial charge in [0.05, 0.1) is 49.2 Å². The molecule has 4 N–H and O–H groups in total. The fourth-order valence-electron chi connectivity index (χ4n) is 11.1. The molecule has 8 atom stereocenters. The largest absolute Gasteiger partial charge is 0.453 e. The van der Waals surface area contributed by atoms with Crippen molar-refractivity contribution in [3.8, 4) is 11.3 Å². The number of rotatable bonds is 14. The third-order valence-corrected chi connectivity index (χ3v) is 14.7. The Kier molecular flexibility index (Phi) is 14.1. The first kappa shape index (κ1) is 47.3. The number of fused-ring (bicyclic) bond motifs is 3. The Labute approximate surface area is 394 Å². The Morgan fingerprint density at radius 1 is 0.836 bits per heavy atom. The Hall–Kier alpha value is -6.18. The highest BCUT2D eigenvalue weighted by Crippen LogP contribution is 2.51. The lowest BCUT2D eigenvalue weighted by Crippen LogP contribution is -2.53. The first-order valence-corrected chi connectivity index (χ1v) is 24.2. The van der Waals surface area contributed by atoms with Crippen LogP contribution in [-0.4, -0.2) is 92.6 Å². The monoisotopic (exact) mass is 913 g/mol. The van der Waals surface area contributed by atoms with E-state index in [-0.39, 0.29) is 47.7 Å². The minimum atomic E-state index is -0.710. The number of ether oxygens (including phenoxy) is 2. The average molecular weight is 913 g/mol. The Morgan fingerprint density at radius 3 is 2.15 bits per heavy atom. The summed E-state index contributed by atoms with van der Waals surface area (Å²) in [6.07, 6.45) is 13.0. The maximum atomic E-state index is 14.2. The van der Waals surface area contributed by atoms with Crippen LogP contribution in [0.3, 0.4) is 0 Å². The molecule has 4 amide bonds. The Bertz CT molecular complexity index is 2550. The van der Waals surface area contributed by atoms with E-state index < -0.39 is 24.3 Å². The summed E-state index contributed by atoms with van der Waals surface area (Å²) in [5, 5.41) is 5.51. The summed E-state index contributed by atoms with van der Waals surface area (Å²) in [6, 6.07) is 12.9. The number of alkyl carbamates (subject to hydrolysis) is 2. The summed E-state index contributed by atoms with van der Waals surface area (Å²) in [5.74, 6) is 2.57. The minimum Gasteiger partial charge on any atom is -0.453 e. The standard InChI is InChI=1S/C53H68N8O6/c1-10-38-19-22-44(61(38)51(63)47(30(4)5)59-53(65)67-9)49-55-41-21-18-37(26-42(41)56-49)39(40-25-33-12-13-36(40)24-33)20-11-32(7)34-14-16-35(17-15-34)43-27-54-48(57-43)45-23-31(6)28-60(45)50(62)46(29(2)3)58-52(64)66-8/h11,14-18,20-21,26-27,29-31,33,36,38,44-47H,7,10,12-13,19,22-25,28H2,1-6,8-9H3,(H,54,57)(H,55,56)(H,58,64)(H,59,65)/b20-11-,40-39-/t31-,33?,36?,38-,44-,45-,46-,47-/m0/s1. The van der Waals surface area contributed by atoms with Crippen molar-refractivity contribution in [3.63, 3.8) is 0 Å². The molecule has 2 aliphatic carbocycles. The molecular formula is C53H68N8O6. The number of carbonyl (C=O) groups excluding carboxylic acids is 4. The molecule has 4 fully saturated rings. The summed E-state index contributed by atoms with van der Waals surface area (Å²) < 4.78 is 9.68. The van der Waals surface area contributed by atoms with Gasteiger partial charge in [0.2, 0.25) is 11.8 Å². The van der Waals surface area contributed by atoms with Crippen molar-refractivity contribution in [2.75, 3.05) is 20.8 Å². The fraction of sp³-hybridized carbons (Fsp3) is 0.509. The molecule has 0 radical (unpaired) electrons. The molecule has 2 saturated carbocycles. The smallest absolute Gasteiger partial charge is 0.407 e. The molecule has 356 valence electrons. The summed E-state index contributed by atoms with van der Waals surface area (Å²) in [6.45, 7) is 17.0. The number of imidazole rings is 2. The lowest BCUT2D eigenvalue weighted by molar-refractivity contribution is -0.138. The number of nitrogens with one attached hydrogen (secondary N) is 4. The van der Waals surface area contributed by atoms with Crippen LogP contribution in [-0.2, 0) is 19.1 Å². The second-order valence-corrected chi connectivity index (χ2v) is 20.0. The van der Waals surface area contributed by atoms with Crippen molar-refractivity contribution in [2.45, 2.75) is 123 Å². The summed E-state index contributed by atoms with van der Waals surface area (Å²) in [5.41, 5.74) is 9.39. The van der Waals surface area contributed by atoms with Crippen molar-refractivity contribution in [1.82, 2.24) is 40.4 Å². The summed E-state index contributed by atoms with van der Waals surface area (Å²) >= 11 is 0. The van der Waals surface area contributed by atoms with E-state index in [1.54, 1.807) is 0 Å². The van der Waals surface area contributed by atoms with Crippen LogP contribution in [0.25, 0.3) is 33.4 Å². The molecule has 4 heterocycles. The topological polar surface area (TPSA) is 175 Å². The first-order chi connectivity index (χ1) is 32.2. The maximum Gasteiger partial charge on any atom is 0.407 e. The molecule has 4 aliphatic rings. The molecule has 2 aromatic carbocycles. The molecular weight excluding hydrogens is 845 g/mol. The molecule has 8 rings (SSSR count). The van der Waals surface area contributed by atoms with Crippen molar-refractivity contribution in [1.29, 1.82) is 0 Å². The van der Waals surface area contributed by atoms with Crippen molar-refractivity contribution >= 4 is 46.2 Å². The van der Waals surface area contributed by atoms with Crippen LogP contribution < -0.4 is 10.6 Å². The number of carbonyl (C=O) groups is 4. The SMILES string of the molecule is C=C(/C=C\C(=C1/CC2CCC1C2)c1ccc2nc([C@@H]3CC[C@H](CC)N3C(=O)[C@@H](NC(=O)OC)C(C)C)[nH]c2c1)c1ccc(-c2cnc([C@@H]3C[C@H](C)CN3C(=O)[C@@H](NC(=O)OC)C(C)C)[nH]2)cc1. The summed E-state index contributed by atoms with van der Waals surface area (Å²) in [4.78, 5) is 73.1. The van der Waals surface area contributed by atoms with Gasteiger partial charge in [-0.1, -0.05) is 96.2 Å². The van der Waals surface area contributed by atoms with Gasteiger partial charge in [-0.3, -0.25) is 9.59 Å². The van der Waals surface area contributed by atoms with E-state index in [2.05, 4.69) is 95.6 Å². The normalized spacial score (nSPS) is 24.2. The number of allylic oxidation sites excluding steroid dienone is 5. The van der Waals surface area contributed by atoms with E-state index in [1.165, 1.54) is 44.6 Å². The first-order valence-electron chi connectivity index (χ1n) is 24.2. The highest BCUT2D eigenvalue weighted by Gasteiger charge is 2.43. The Balaban J connectivity index is 1.01. The minimum absolute atomic E-state index is 0.0438. The van der Waals surface area contributed by atoms with Gasteiger partial charge in [0.1, 0.15) is 23.7 Å². The number of likely N-dealkylation sites (tertiary alicyclic amines) is 2. The van der Waals surface area contributed by atoms with E-state index in [1.807, 2.05) is 43.7 Å². The van der Waals surface area contributed by atoms with Crippen LogP contribution in [0.15, 0.2) is 73.0 Å². The zero-order valence-electron chi connectivity index (χ0n) is 40.4. The van der Waals surface area contributed by atoms with Gasteiger partial charge in [0, 0.05) is 12.6 Å². The third-order valence-electron chi connectivity index (χ3n) is 14.7. The number of hydrogen-bond acceptors (Lipinski definition) is 8. The quantitative estimate of drug-likeness (QED) is 0.0905. The van der Waals surface area contributed by atoms with Crippen molar-refractivity contribution in [3.05, 3.63) is 95.7 Å². The molecule has 2 aromatic heterocycles. The van der Waals surface area contributed by atoms with Crippen LogP contribution in [0, 0.1) is 29.6 Å². The van der Waals surface area contributed by atoms with Gasteiger partial charge < -0.3 is 39.9 Å². The molecule has 14 heteroatoms. The van der Waals surface area contributed by atoms with Crippen LogP contribution in [0.5, 0.6) is 0 Å². The van der Waals surface area contributed by atoms with E-state index in [0.717, 1.165) is 88.7 Å². The molecule has 0 spiro atoms. The number of H-pyrrole nitrogens is 2. The zero-order chi connectivity index (χ0) is 47.7. The number of amides is 4. The lowest BCUT2D eigenvalue weighted by Gasteiger charge is -2.33. The van der Waals surface area contributed by atoms with Gasteiger partial charge in [0.25, 0.3) is 0 Å². The van der Waals surface area contributed by atoms with Crippen molar-refractivity contribution < 1.29 is 28.7 Å². The highest BCUT2D eigenvalue weighted by molar-refractivity contribution is 5.89. The molecule has 2 aliphatic heterocycles. The van der Waals surface area contributed by atoms with Crippen molar-refractivity contribution in [2.24, 2.45) is 29.6 Å². The zero-order valence-corrected chi connectivity index (χ0v) is 40.4. The second-order valence-electron chi connectivity index (χ2n) is 20.0.